The summed E-state index contributed by atoms with van der Waals surface area (Å²) in [5.41, 5.74) is 1.47. The van der Waals surface area contributed by atoms with E-state index in [0.29, 0.717) is 22.3 Å². The Morgan fingerprint density at radius 1 is 1.31 bits per heavy atom. The number of ether oxygens (including phenoxy) is 2. The number of esters is 1. The van der Waals surface area contributed by atoms with Gasteiger partial charge in [0, 0.05) is 17.1 Å². The Kier molecular flexibility index (Phi) is 5.22. The van der Waals surface area contributed by atoms with Crippen LogP contribution in [0.25, 0.3) is 10.9 Å². The quantitative estimate of drug-likeness (QED) is 0.671. The molecule has 0 atom stereocenters. The number of nitrogens with zero attached hydrogens (tertiary/aromatic N) is 2. The fourth-order valence-corrected chi connectivity index (χ4v) is 3.52. The maximum atomic E-state index is 12.3. The van der Waals surface area contributed by atoms with Gasteiger partial charge in [-0.2, -0.15) is 0 Å². The summed E-state index contributed by atoms with van der Waals surface area (Å²) >= 11 is 1.10. The van der Waals surface area contributed by atoms with Gasteiger partial charge in [0.1, 0.15) is 17.2 Å². The molecule has 1 N–H and O–H groups in total. The molecule has 3 aromatic rings. The molecule has 2 heterocycles. The molecular formula is C18H19N3O4S. The number of anilines is 1. The van der Waals surface area contributed by atoms with Crippen LogP contribution in [0.15, 0.2) is 30.5 Å². The lowest BCUT2D eigenvalue weighted by molar-refractivity contribution is -0.116. The van der Waals surface area contributed by atoms with Gasteiger partial charge < -0.3 is 19.4 Å². The van der Waals surface area contributed by atoms with E-state index < -0.39 is 5.97 Å². The highest BCUT2D eigenvalue weighted by Gasteiger charge is 2.17. The van der Waals surface area contributed by atoms with E-state index in [9.17, 15) is 9.59 Å². The molecule has 1 amide bonds. The van der Waals surface area contributed by atoms with Crippen LogP contribution in [0.2, 0.25) is 0 Å². The van der Waals surface area contributed by atoms with Crippen molar-refractivity contribution >= 4 is 39.2 Å². The number of carbonyl (C=O) groups is 2. The average molecular weight is 373 g/mol. The molecule has 0 bridgehead atoms. The smallest absolute Gasteiger partial charge is 0.350 e. The third kappa shape index (κ3) is 3.70. The van der Waals surface area contributed by atoms with Crippen molar-refractivity contribution in [2.75, 3.05) is 19.0 Å². The number of benzene rings is 1. The third-order valence-corrected chi connectivity index (χ3v) is 4.83. The minimum absolute atomic E-state index is 0.143. The van der Waals surface area contributed by atoms with Gasteiger partial charge in [0.15, 0.2) is 5.13 Å². The van der Waals surface area contributed by atoms with Gasteiger partial charge in [-0.15, -0.1) is 0 Å². The molecule has 0 saturated carbocycles. The molecule has 0 aliphatic rings. The molecule has 2 aromatic heterocycles. The highest BCUT2D eigenvalue weighted by Crippen LogP contribution is 2.24. The van der Waals surface area contributed by atoms with Gasteiger partial charge in [0.2, 0.25) is 5.91 Å². The van der Waals surface area contributed by atoms with Crippen molar-refractivity contribution < 1.29 is 19.1 Å². The van der Waals surface area contributed by atoms with Crippen LogP contribution in [-0.4, -0.2) is 35.1 Å². The second-order valence-electron chi connectivity index (χ2n) is 5.57. The Balaban J connectivity index is 1.72. The summed E-state index contributed by atoms with van der Waals surface area (Å²) < 4.78 is 12.0. The molecule has 0 aliphatic carbocycles. The SMILES string of the molecule is CCOc1ccc2c(ccn2CC(=O)Nc2nc(C)c(C(=O)OC)s2)c1. The predicted octanol–water partition coefficient (Wildman–Crippen LogP) is 3.23. The highest BCUT2D eigenvalue weighted by molar-refractivity contribution is 7.17. The molecule has 0 aliphatic heterocycles. The number of fused-ring (bicyclic) bond motifs is 1. The van der Waals surface area contributed by atoms with Crippen molar-refractivity contribution in [1.82, 2.24) is 9.55 Å². The van der Waals surface area contributed by atoms with E-state index in [1.165, 1.54) is 7.11 Å². The summed E-state index contributed by atoms with van der Waals surface area (Å²) in [4.78, 5) is 28.6. The minimum atomic E-state index is -0.456. The van der Waals surface area contributed by atoms with Crippen molar-refractivity contribution in [3.05, 3.63) is 41.0 Å². The zero-order chi connectivity index (χ0) is 18.7. The number of aryl methyl sites for hydroxylation is 1. The predicted molar refractivity (Wildman–Crippen MR) is 99.9 cm³/mol. The van der Waals surface area contributed by atoms with Crippen LogP contribution < -0.4 is 10.1 Å². The summed E-state index contributed by atoms with van der Waals surface area (Å²) in [5.74, 6) is 0.124. The van der Waals surface area contributed by atoms with Gasteiger partial charge in [-0.05, 0) is 38.1 Å². The lowest BCUT2D eigenvalue weighted by Gasteiger charge is -2.07. The van der Waals surface area contributed by atoms with Crippen molar-refractivity contribution in [1.29, 1.82) is 0 Å². The minimum Gasteiger partial charge on any atom is -0.494 e. The average Bonchev–Trinajstić information content (AvgIpc) is 3.17. The molecule has 0 unspecified atom stereocenters. The van der Waals surface area contributed by atoms with Crippen molar-refractivity contribution in [3.8, 4) is 5.75 Å². The Labute approximate surface area is 154 Å². The second kappa shape index (κ2) is 7.57. The molecular weight excluding hydrogens is 354 g/mol. The second-order valence-corrected chi connectivity index (χ2v) is 6.57. The van der Waals surface area contributed by atoms with Gasteiger partial charge >= 0.3 is 5.97 Å². The number of carbonyl (C=O) groups excluding carboxylic acids is 2. The fraction of sp³-hybridized carbons (Fsp3) is 0.278. The van der Waals surface area contributed by atoms with E-state index in [1.54, 1.807) is 6.92 Å². The fourth-order valence-electron chi connectivity index (χ4n) is 2.62. The molecule has 136 valence electrons. The first kappa shape index (κ1) is 17.9. The number of rotatable bonds is 6. The number of amides is 1. The Morgan fingerprint density at radius 3 is 2.85 bits per heavy atom. The van der Waals surface area contributed by atoms with Crippen LogP contribution in [0.3, 0.4) is 0 Å². The molecule has 0 saturated heterocycles. The number of nitrogens with one attached hydrogen (secondary N) is 1. The van der Waals surface area contributed by atoms with E-state index >= 15 is 0 Å². The molecule has 0 radical (unpaired) electrons. The lowest BCUT2D eigenvalue weighted by atomic mass is 10.2. The first-order valence-electron chi connectivity index (χ1n) is 8.09. The van der Waals surface area contributed by atoms with Crippen LogP contribution in [0.5, 0.6) is 5.75 Å². The Bertz CT molecular complexity index is 961. The number of thiazole rings is 1. The topological polar surface area (TPSA) is 82.5 Å². The monoisotopic (exact) mass is 373 g/mol. The summed E-state index contributed by atoms with van der Waals surface area (Å²) in [6.07, 6.45) is 1.85. The number of aromatic nitrogens is 2. The zero-order valence-electron chi connectivity index (χ0n) is 14.7. The summed E-state index contributed by atoms with van der Waals surface area (Å²) in [6, 6.07) is 7.69. The van der Waals surface area contributed by atoms with Crippen LogP contribution in [-0.2, 0) is 16.1 Å². The lowest BCUT2D eigenvalue weighted by Crippen LogP contribution is -2.18. The largest absolute Gasteiger partial charge is 0.494 e. The van der Waals surface area contributed by atoms with Gasteiger partial charge in [-0.25, -0.2) is 9.78 Å². The van der Waals surface area contributed by atoms with Crippen molar-refractivity contribution in [2.45, 2.75) is 20.4 Å². The zero-order valence-corrected chi connectivity index (χ0v) is 15.6. The summed E-state index contributed by atoms with van der Waals surface area (Å²) in [7, 11) is 1.31. The normalized spacial score (nSPS) is 10.7. The highest BCUT2D eigenvalue weighted by atomic mass is 32.1. The molecule has 3 rings (SSSR count). The summed E-state index contributed by atoms with van der Waals surface area (Å²) in [5, 5.41) is 4.11. The van der Waals surface area contributed by atoms with E-state index in [1.807, 2.05) is 42.0 Å². The van der Waals surface area contributed by atoms with E-state index in [-0.39, 0.29) is 12.5 Å². The number of hydrogen-bond acceptors (Lipinski definition) is 6. The van der Waals surface area contributed by atoms with E-state index in [2.05, 4.69) is 10.3 Å². The first-order chi connectivity index (χ1) is 12.5. The Hall–Kier alpha value is -2.87. The standard InChI is InChI=1S/C18H19N3O4S/c1-4-25-13-5-6-14-12(9-13)7-8-21(14)10-15(22)20-18-19-11(2)16(26-18)17(23)24-3/h5-9H,4,10H2,1-3H3,(H,19,20,22). The third-order valence-electron chi connectivity index (χ3n) is 3.78. The Morgan fingerprint density at radius 2 is 2.12 bits per heavy atom. The molecule has 0 fully saturated rings. The molecule has 8 heteroatoms. The summed E-state index contributed by atoms with van der Waals surface area (Å²) in [6.45, 7) is 4.39. The first-order valence-corrected chi connectivity index (χ1v) is 8.90. The number of methoxy groups -OCH3 is 1. The van der Waals surface area contributed by atoms with Crippen LogP contribution in [0, 0.1) is 6.92 Å². The maximum Gasteiger partial charge on any atom is 0.350 e. The molecule has 0 spiro atoms. The molecule has 7 nitrogen and oxygen atoms in total. The molecule has 26 heavy (non-hydrogen) atoms. The number of hydrogen-bond donors (Lipinski definition) is 1. The van der Waals surface area contributed by atoms with Crippen LogP contribution in [0.4, 0.5) is 5.13 Å². The van der Waals surface area contributed by atoms with Crippen LogP contribution in [0.1, 0.15) is 22.3 Å². The molecule has 1 aromatic carbocycles. The maximum absolute atomic E-state index is 12.3. The van der Waals surface area contributed by atoms with Gasteiger partial charge in [0.25, 0.3) is 0 Å². The van der Waals surface area contributed by atoms with Gasteiger partial charge in [0.05, 0.1) is 19.4 Å². The van der Waals surface area contributed by atoms with Gasteiger partial charge in [-0.3, -0.25) is 4.79 Å². The van der Waals surface area contributed by atoms with E-state index in [4.69, 9.17) is 9.47 Å². The van der Waals surface area contributed by atoms with Crippen molar-refractivity contribution in [2.24, 2.45) is 0 Å². The van der Waals surface area contributed by atoms with Crippen molar-refractivity contribution in [3.63, 3.8) is 0 Å². The van der Waals surface area contributed by atoms with Gasteiger partial charge in [-0.1, -0.05) is 11.3 Å². The van der Waals surface area contributed by atoms with Crippen LogP contribution >= 0.6 is 11.3 Å². The van der Waals surface area contributed by atoms with E-state index in [0.717, 1.165) is 28.0 Å².